The summed E-state index contributed by atoms with van der Waals surface area (Å²) >= 11 is 0. The first-order valence-electron chi connectivity index (χ1n) is 7.04. The smallest absolute Gasteiger partial charge is 0.322 e. The van der Waals surface area contributed by atoms with E-state index in [4.69, 9.17) is 5.11 Å². The summed E-state index contributed by atoms with van der Waals surface area (Å²) < 4.78 is 26.3. The van der Waals surface area contributed by atoms with E-state index in [1.165, 1.54) is 0 Å². The largest absolute Gasteiger partial charge is 0.480 e. The monoisotopic (exact) mass is 320 g/mol. The van der Waals surface area contributed by atoms with Gasteiger partial charge >= 0.3 is 5.97 Å². The third-order valence-electron chi connectivity index (χ3n) is 3.90. The zero-order valence-corrected chi connectivity index (χ0v) is 12.7. The molecule has 1 atom stereocenters. The molecule has 1 saturated heterocycles. The maximum atomic E-state index is 12.6. The lowest BCUT2D eigenvalue weighted by molar-refractivity contribution is -0.140. The van der Waals surface area contributed by atoms with Crippen LogP contribution < -0.4 is 0 Å². The van der Waals surface area contributed by atoms with Gasteiger partial charge in [0.15, 0.2) is 0 Å². The fourth-order valence-corrected chi connectivity index (χ4v) is 4.67. The Bertz CT molecular complexity index is 814. The lowest BCUT2D eigenvalue weighted by atomic mass is 10.1. The van der Waals surface area contributed by atoms with E-state index in [1.807, 2.05) is 12.1 Å². The second-order valence-corrected chi connectivity index (χ2v) is 7.28. The molecule has 22 heavy (non-hydrogen) atoms. The zero-order valence-electron chi connectivity index (χ0n) is 11.8. The number of para-hydroxylation sites is 1. The molecule has 1 fully saturated rings. The molecular formula is C15H16N2O4S. The number of carboxylic acid groups (broad SMARTS) is 1. The minimum atomic E-state index is -3.69. The predicted molar refractivity (Wildman–Crippen MR) is 81.7 cm³/mol. The molecule has 1 aliphatic rings. The Morgan fingerprint density at radius 1 is 1.32 bits per heavy atom. The fourth-order valence-electron chi connectivity index (χ4n) is 2.88. The number of fused-ring (bicyclic) bond motifs is 1. The van der Waals surface area contributed by atoms with Crippen molar-refractivity contribution in [3.05, 3.63) is 42.1 Å². The van der Waals surface area contributed by atoms with Crippen LogP contribution in [0.1, 0.15) is 18.4 Å². The van der Waals surface area contributed by atoms with Crippen LogP contribution in [0.15, 0.2) is 36.5 Å². The molecule has 1 aromatic carbocycles. The summed E-state index contributed by atoms with van der Waals surface area (Å²) in [4.78, 5) is 15.5. The van der Waals surface area contributed by atoms with Crippen LogP contribution in [0.25, 0.3) is 10.9 Å². The van der Waals surface area contributed by atoms with Crippen LogP contribution in [-0.2, 0) is 20.6 Å². The van der Waals surface area contributed by atoms with Gasteiger partial charge in [-0.1, -0.05) is 24.3 Å². The summed E-state index contributed by atoms with van der Waals surface area (Å²) in [5.74, 6) is -1.32. The molecule has 0 radical (unpaired) electrons. The van der Waals surface area contributed by atoms with Crippen LogP contribution in [0, 0.1) is 0 Å². The van der Waals surface area contributed by atoms with Crippen LogP contribution in [0.2, 0.25) is 0 Å². The molecule has 1 aliphatic heterocycles. The van der Waals surface area contributed by atoms with Gasteiger partial charge in [-0.15, -0.1) is 0 Å². The highest BCUT2D eigenvalue weighted by atomic mass is 32.2. The number of hydrogen-bond acceptors (Lipinski definition) is 4. The first kappa shape index (κ1) is 14.9. The van der Waals surface area contributed by atoms with Crippen molar-refractivity contribution >= 4 is 26.9 Å². The number of carbonyl (C=O) groups is 1. The molecule has 0 spiro atoms. The molecule has 0 aliphatic carbocycles. The van der Waals surface area contributed by atoms with Gasteiger partial charge in [-0.25, -0.2) is 8.42 Å². The molecule has 3 rings (SSSR count). The number of pyridine rings is 1. The Morgan fingerprint density at radius 3 is 2.86 bits per heavy atom. The van der Waals surface area contributed by atoms with Crippen molar-refractivity contribution in [2.45, 2.75) is 24.6 Å². The number of sulfonamides is 1. The van der Waals surface area contributed by atoms with Gasteiger partial charge in [0.2, 0.25) is 10.0 Å². The quantitative estimate of drug-likeness (QED) is 0.925. The summed E-state index contributed by atoms with van der Waals surface area (Å²) in [6.07, 6.45) is 2.56. The van der Waals surface area contributed by atoms with Crippen LogP contribution in [-0.4, -0.2) is 41.4 Å². The highest BCUT2D eigenvalue weighted by Crippen LogP contribution is 2.25. The molecule has 1 N–H and O–H groups in total. The van der Waals surface area contributed by atoms with Crippen molar-refractivity contribution in [2.24, 2.45) is 0 Å². The number of nitrogens with zero attached hydrogens (tertiary/aromatic N) is 2. The lowest BCUT2D eigenvalue weighted by Crippen LogP contribution is -2.40. The van der Waals surface area contributed by atoms with Crippen molar-refractivity contribution in [2.75, 3.05) is 6.54 Å². The maximum Gasteiger partial charge on any atom is 0.322 e. The van der Waals surface area contributed by atoms with Crippen LogP contribution in [0.5, 0.6) is 0 Å². The Balaban J connectivity index is 1.95. The van der Waals surface area contributed by atoms with Crippen molar-refractivity contribution in [3.63, 3.8) is 0 Å². The van der Waals surface area contributed by atoms with Crippen LogP contribution >= 0.6 is 0 Å². The minimum Gasteiger partial charge on any atom is -0.480 e. The van der Waals surface area contributed by atoms with Crippen LogP contribution in [0.4, 0.5) is 0 Å². The van der Waals surface area contributed by atoms with Gasteiger partial charge in [0, 0.05) is 18.1 Å². The summed E-state index contributed by atoms with van der Waals surface area (Å²) in [5, 5.41) is 10.0. The second-order valence-electron chi connectivity index (χ2n) is 5.36. The van der Waals surface area contributed by atoms with Crippen molar-refractivity contribution < 1.29 is 18.3 Å². The normalized spacial score (nSPS) is 19.5. The van der Waals surface area contributed by atoms with Crippen molar-refractivity contribution in [1.29, 1.82) is 0 Å². The Kier molecular flexibility index (Phi) is 3.84. The van der Waals surface area contributed by atoms with Crippen LogP contribution in [0.3, 0.4) is 0 Å². The van der Waals surface area contributed by atoms with E-state index in [2.05, 4.69) is 4.98 Å². The lowest BCUT2D eigenvalue weighted by Gasteiger charge is -2.21. The first-order valence-corrected chi connectivity index (χ1v) is 8.65. The number of hydrogen-bond donors (Lipinski definition) is 1. The van der Waals surface area contributed by atoms with Gasteiger partial charge in [0.05, 0.1) is 11.3 Å². The van der Waals surface area contributed by atoms with Gasteiger partial charge in [-0.2, -0.15) is 4.31 Å². The van der Waals surface area contributed by atoms with Gasteiger partial charge in [-0.3, -0.25) is 9.78 Å². The average molecular weight is 320 g/mol. The Hall–Kier alpha value is -1.99. The standard InChI is InChI=1S/C15H16N2O4S/c18-15(19)13-7-3-9-17(13)22(20,21)10-12-5-1-4-11-6-2-8-16-14(11)12/h1-2,4-6,8,13H,3,7,9-10H2,(H,18,19)/t13-/m1/s1. The van der Waals surface area contributed by atoms with E-state index in [9.17, 15) is 13.2 Å². The van der Waals surface area contributed by atoms with Gasteiger partial charge in [-0.05, 0) is 24.5 Å². The van der Waals surface area contributed by atoms with E-state index in [0.717, 1.165) is 9.69 Å². The molecule has 1 aromatic heterocycles. The highest BCUT2D eigenvalue weighted by Gasteiger charge is 2.38. The molecule has 0 bridgehead atoms. The van der Waals surface area contributed by atoms with Gasteiger partial charge < -0.3 is 5.11 Å². The van der Waals surface area contributed by atoms with E-state index in [1.54, 1.807) is 24.4 Å². The zero-order chi connectivity index (χ0) is 15.7. The number of aliphatic carboxylic acids is 1. The molecule has 116 valence electrons. The molecule has 0 amide bonds. The van der Waals surface area contributed by atoms with E-state index >= 15 is 0 Å². The predicted octanol–water partition coefficient (Wildman–Crippen LogP) is 1.61. The molecule has 0 saturated carbocycles. The van der Waals surface area contributed by atoms with Crippen molar-refractivity contribution in [3.8, 4) is 0 Å². The maximum absolute atomic E-state index is 12.6. The number of rotatable bonds is 4. The summed E-state index contributed by atoms with van der Waals surface area (Å²) in [7, 11) is -3.69. The van der Waals surface area contributed by atoms with Gasteiger partial charge in [0.25, 0.3) is 0 Å². The fraction of sp³-hybridized carbons (Fsp3) is 0.333. The Morgan fingerprint density at radius 2 is 2.09 bits per heavy atom. The molecular weight excluding hydrogens is 304 g/mol. The molecule has 2 aromatic rings. The molecule has 7 heteroatoms. The number of carboxylic acids is 1. The summed E-state index contributed by atoms with van der Waals surface area (Å²) in [6, 6.07) is 8.09. The van der Waals surface area contributed by atoms with E-state index < -0.39 is 22.0 Å². The summed E-state index contributed by atoms with van der Waals surface area (Å²) in [6.45, 7) is 0.261. The SMILES string of the molecule is O=C(O)[C@H]1CCCN1S(=O)(=O)Cc1cccc2cccnc12. The minimum absolute atomic E-state index is 0.231. The molecule has 2 heterocycles. The third-order valence-corrected chi connectivity index (χ3v) is 5.73. The first-order chi connectivity index (χ1) is 10.5. The van der Waals surface area contributed by atoms with E-state index in [-0.39, 0.29) is 12.3 Å². The molecule has 6 nitrogen and oxygen atoms in total. The summed E-state index contributed by atoms with van der Waals surface area (Å²) in [5.41, 5.74) is 1.23. The van der Waals surface area contributed by atoms with Crippen molar-refractivity contribution in [1.82, 2.24) is 9.29 Å². The topological polar surface area (TPSA) is 87.6 Å². The number of aromatic nitrogens is 1. The van der Waals surface area contributed by atoms with Gasteiger partial charge in [0.1, 0.15) is 6.04 Å². The molecule has 0 unspecified atom stereocenters. The number of benzene rings is 1. The Labute approximate surface area is 128 Å². The third kappa shape index (κ3) is 2.69. The second kappa shape index (κ2) is 5.66. The van der Waals surface area contributed by atoms with E-state index in [0.29, 0.717) is 23.9 Å². The highest BCUT2D eigenvalue weighted by molar-refractivity contribution is 7.88. The average Bonchev–Trinajstić information content (AvgIpc) is 2.98.